The molecule has 0 aliphatic rings. The molecule has 354 valence electrons. The van der Waals surface area contributed by atoms with Gasteiger partial charge in [0.25, 0.3) is 0 Å². The number of halogens is 3. The van der Waals surface area contributed by atoms with Gasteiger partial charge >= 0.3 is 30.1 Å². The number of aliphatic hydroxyl groups is 1. The molecule has 0 heterocycles. The van der Waals surface area contributed by atoms with Crippen LogP contribution in [0.3, 0.4) is 0 Å². The van der Waals surface area contributed by atoms with E-state index in [2.05, 4.69) is 23.9 Å². The van der Waals surface area contributed by atoms with Crippen LogP contribution in [0.4, 0.5) is 13.2 Å². The van der Waals surface area contributed by atoms with Crippen LogP contribution in [-0.2, 0) is 38.2 Å². The van der Waals surface area contributed by atoms with Gasteiger partial charge in [0.05, 0.1) is 19.8 Å². The lowest BCUT2D eigenvalue weighted by Crippen LogP contribution is -2.51. The fourth-order valence-electron chi connectivity index (χ4n) is 6.20. The van der Waals surface area contributed by atoms with Crippen molar-refractivity contribution in [2.45, 2.75) is 218 Å². The molecule has 0 aromatic rings. The van der Waals surface area contributed by atoms with E-state index in [0.29, 0.717) is 12.8 Å². The number of aliphatic carboxylic acids is 1. The average molecular weight is 887 g/mol. The Bertz CT molecular complexity index is 1090. The molecule has 5 N–H and O–H groups in total. The van der Waals surface area contributed by atoms with Crippen LogP contribution in [0, 0.1) is 0 Å². The highest BCUT2D eigenvalue weighted by Crippen LogP contribution is 2.17. The van der Waals surface area contributed by atoms with Crippen molar-refractivity contribution in [3.63, 3.8) is 0 Å². The van der Waals surface area contributed by atoms with Crippen LogP contribution in [-0.4, -0.2) is 96.2 Å². The molecule has 0 fully saturated rings. The number of hydrogen-bond acceptors (Lipinski definition) is 11. The number of hydrogen-bond donors (Lipinski definition) is 4. The quantitative estimate of drug-likeness (QED) is 0.0260. The zero-order valence-corrected chi connectivity index (χ0v) is 38.0. The number of nitrogens with one attached hydrogen (secondary N) is 1. The van der Waals surface area contributed by atoms with Gasteiger partial charge in [-0.25, -0.2) is 9.59 Å². The maximum absolute atomic E-state index is 12.7. The summed E-state index contributed by atoms with van der Waals surface area (Å²) in [6.07, 6.45) is 26.8. The number of thioether (sulfide) groups is 1. The largest absolute Gasteiger partial charge is 0.490 e. The molecule has 60 heavy (non-hydrogen) atoms. The molecule has 3 atom stereocenters. The van der Waals surface area contributed by atoms with Crippen molar-refractivity contribution in [1.82, 2.24) is 5.32 Å². The molecular formula is C44H81F3N2O10S. The number of carboxylic acids is 1. The van der Waals surface area contributed by atoms with Crippen molar-refractivity contribution in [3.05, 3.63) is 0 Å². The summed E-state index contributed by atoms with van der Waals surface area (Å²) in [4.78, 5) is 58.3. The highest BCUT2D eigenvalue weighted by Gasteiger charge is 2.38. The van der Waals surface area contributed by atoms with Gasteiger partial charge in [0.2, 0.25) is 5.91 Å². The summed E-state index contributed by atoms with van der Waals surface area (Å²) in [6.45, 7) is 3.84. The molecule has 0 bridgehead atoms. The van der Waals surface area contributed by atoms with Crippen molar-refractivity contribution in [3.8, 4) is 0 Å². The first kappa shape index (κ1) is 59.5. The third-order valence-electron chi connectivity index (χ3n) is 9.86. The van der Waals surface area contributed by atoms with Gasteiger partial charge in [0.15, 0.2) is 6.04 Å². The van der Waals surface area contributed by atoms with Crippen molar-refractivity contribution in [2.75, 3.05) is 31.8 Å². The summed E-state index contributed by atoms with van der Waals surface area (Å²) in [6, 6.07) is -2.17. The van der Waals surface area contributed by atoms with E-state index in [0.717, 1.165) is 38.5 Å². The number of ether oxygens (including phenoxy) is 3. The van der Waals surface area contributed by atoms with Crippen molar-refractivity contribution < 1.29 is 61.6 Å². The van der Waals surface area contributed by atoms with Gasteiger partial charge in [0, 0.05) is 24.3 Å². The van der Waals surface area contributed by atoms with Gasteiger partial charge < -0.3 is 35.5 Å². The van der Waals surface area contributed by atoms with E-state index < -0.39 is 48.8 Å². The number of unbranched alkanes of at least 4 members (excludes halogenated alkanes) is 24. The Kier molecular flexibility index (Phi) is 41.4. The monoisotopic (exact) mass is 887 g/mol. The maximum Gasteiger partial charge on any atom is 0.490 e. The van der Waals surface area contributed by atoms with E-state index >= 15 is 0 Å². The summed E-state index contributed by atoms with van der Waals surface area (Å²) >= 11 is 1.29. The Morgan fingerprint density at radius 1 is 0.633 bits per heavy atom. The molecule has 0 radical (unpaired) electrons. The summed E-state index contributed by atoms with van der Waals surface area (Å²) in [5.74, 6) is -4.30. The minimum Gasteiger partial charge on any atom is -0.475 e. The molecule has 0 saturated heterocycles. The highest BCUT2D eigenvalue weighted by molar-refractivity contribution is 7.99. The van der Waals surface area contributed by atoms with Crippen molar-refractivity contribution >= 4 is 41.5 Å². The van der Waals surface area contributed by atoms with Gasteiger partial charge in [-0.2, -0.15) is 24.9 Å². The first-order valence-corrected chi connectivity index (χ1v) is 23.9. The Hall–Kier alpha value is -2.59. The zero-order chi connectivity index (χ0) is 45.3. The van der Waals surface area contributed by atoms with Crippen LogP contribution in [0.2, 0.25) is 0 Å². The summed E-state index contributed by atoms with van der Waals surface area (Å²) in [5.41, 5.74) is 6.01. The molecule has 0 unspecified atom stereocenters. The van der Waals surface area contributed by atoms with Gasteiger partial charge in [-0.05, 0) is 12.8 Å². The molecule has 12 nitrogen and oxygen atoms in total. The third kappa shape index (κ3) is 39.5. The second-order valence-electron chi connectivity index (χ2n) is 15.5. The topological polar surface area (TPSA) is 192 Å². The van der Waals surface area contributed by atoms with Crippen LogP contribution in [0.25, 0.3) is 0 Å². The normalized spacial score (nSPS) is 12.7. The lowest BCUT2D eigenvalue weighted by molar-refractivity contribution is -0.192. The molecule has 1 amide bonds. The Morgan fingerprint density at radius 2 is 1.00 bits per heavy atom. The van der Waals surface area contributed by atoms with E-state index in [9.17, 15) is 37.5 Å². The molecule has 0 saturated carbocycles. The van der Waals surface area contributed by atoms with Crippen LogP contribution in [0.15, 0.2) is 0 Å². The number of methoxy groups -OCH3 is 1. The zero-order valence-electron chi connectivity index (χ0n) is 37.1. The molecule has 0 aromatic carbocycles. The van der Waals surface area contributed by atoms with Crippen molar-refractivity contribution in [1.29, 1.82) is 0 Å². The summed E-state index contributed by atoms with van der Waals surface area (Å²) < 4.78 is 47.6. The average Bonchev–Trinajstić information content (AvgIpc) is 3.21. The minimum absolute atomic E-state index is 0.0506. The van der Waals surface area contributed by atoms with Gasteiger partial charge in [-0.1, -0.05) is 168 Å². The molecule has 0 aromatic heterocycles. The molecule has 0 aliphatic carbocycles. The number of aliphatic hydroxyl groups excluding tert-OH is 1. The summed E-state index contributed by atoms with van der Waals surface area (Å²) in [7, 11) is 1.17. The minimum atomic E-state index is -5.08. The van der Waals surface area contributed by atoms with Gasteiger partial charge in [-0.15, -0.1) is 0 Å². The smallest absolute Gasteiger partial charge is 0.475 e. The summed E-state index contributed by atoms with van der Waals surface area (Å²) in [5, 5.41) is 18.9. The fraction of sp³-hybridized carbons (Fsp3) is 0.886. The van der Waals surface area contributed by atoms with E-state index in [-0.39, 0.29) is 30.1 Å². The van der Waals surface area contributed by atoms with Crippen LogP contribution in [0.1, 0.15) is 194 Å². The van der Waals surface area contributed by atoms with Crippen LogP contribution < -0.4 is 11.1 Å². The number of amides is 1. The van der Waals surface area contributed by atoms with E-state index in [1.165, 1.54) is 147 Å². The van der Waals surface area contributed by atoms with Crippen LogP contribution in [0.5, 0.6) is 0 Å². The fourth-order valence-corrected chi connectivity index (χ4v) is 7.16. The number of carbonyl (C=O) groups is 5. The Morgan fingerprint density at radius 3 is 1.35 bits per heavy atom. The van der Waals surface area contributed by atoms with Crippen molar-refractivity contribution in [2.24, 2.45) is 5.73 Å². The predicted octanol–water partition coefficient (Wildman–Crippen LogP) is 9.75. The molecule has 0 rings (SSSR count). The third-order valence-corrected chi connectivity index (χ3v) is 11.1. The SMILES string of the molecule is CCCCCCCCCCCCCCCC(=O)OC[C@H](CSC[C@@H](N)C(=O)N[C@@H](CO)C(=O)OC)OC(=O)CCCCCCCCCCCCCCC.O=C(O)C(F)(F)F. The first-order chi connectivity index (χ1) is 28.7. The maximum atomic E-state index is 12.7. The second kappa shape index (κ2) is 41.7. The van der Waals surface area contributed by atoms with Crippen LogP contribution >= 0.6 is 11.8 Å². The van der Waals surface area contributed by atoms with E-state index in [1.54, 1.807) is 0 Å². The lowest BCUT2D eigenvalue weighted by Gasteiger charge is -2.20. The molecular weight excluding hydrogens is 806 g/mol. The Labute approximate surface area is 363 Å². The standard InChI is InChI=1S/C42H80N2O8S.C2HF3O2/c1-4-6-8-10-12-14-16-18-20-22-24-26-28-30-39(46)51-33-36(34-53-35-37(43)41(48)44-38(32-45)42(49)50-3)52-40(47)31-29-27-25-23-21-19-17-15-13-11-9-7-5-2;3-2(4,5)1(6)7/h36-38,45H,4-35,43H2,1-3H3,(H,44,48);(H,6,7)/t36-,37-,38+;/m1./s1. The molecule has 0 aliphatic heterocycles. The number of carboxylic acid groups (broad SMARTS) is 1. The van der Waals surface area contributed by atoms with E-state index in [1.807, 2.05) is 0 Å². The number of alkyl halides is 3. The Balaban J connectivity index is 0. The predicted molar refractivity (Wildman–Crippen MR) is 231 cm³/mol. The number of carbonyl (C=O) groups excluding carboxylic acids is 4. The van der Waals surface area contributed by atoms with Gasteiger partial charge in [-0.3, -0.25) is 14.4 Å². The van der Waals surface area contributed by atoms with Gasteiger partial charge in [0.1, 0.15) is 12.7 Å². The molecule has 16 heteroatoms. The molecule has 0 spiro atoms. The number of nitrogens with two attached hydrogens (primary N) is 1. The lowest BCUT2D eigenvalue weighted by atomic mass is 10.0. The van der Waals surface area contributed by atoms with E-state index in [4.69, 9.17) is 25.1 Å². The number of rotatable bonds is 39. The highest BCUT2D eigenvalue weighted by atomic mass is 32.2. The first-order valence-electron chi connectivity index (χ1n) is 22.7. The number of esters is 3. The second-order valence-corrected chi connectivity index (χ2v) is 16.6.